The molecule has 1 heterocycles. The molecule has 1 aliphatic heterocycles. The van der Waals surface area contributed by atoms with Crippen LogP contribution in [0.25, 0.3) is 0 Å². The van der Waals surface area contributed by atoms with Gasteiger partial charge in [-0.05, 0) is 55.6 Å². The fourth-order valence-electron chi connectivity index (χ4n) is 3.27. The number of benzene rings is 2. The van der Waals surface area contributed by atoms with Crippen LogP contribution in [0.15, 0.2) is 53.4 Å². The molecule has 0 saturated carbocycles. The number of nitrogens with zero attached hydrogens (tertiary/aromatic N) is 1. The number of nitrogens with two attached hydrogens (primary N) is 1. The molecule has 152 valence electrons. The van der Waals surface area contributed by atoms with Crippen molar-refractivity contribution in [2.75, 3.05) is 17.4 Å². The number of hydrogen-bond acceptors (Lipinski definition) is 4. The molecule has 0 bridgehead atoms. The van der Waals surface area contributed by atoms with E-state index < -0.39 is 10.0 Å². The number of anilines is 1. The fraction of sp³-hybridized carbons (Fsp3) is 0.350. The van der Waals surface area contributed by atoms with Gasteiger partial charge < -0.3 is 11.1 Å². The molecule has 0 aromatic heterocycles. The van der Waals surface area contributed by atoms with E-state index in [0.29, 0.717) is 30.8 Å². The molecule has 3 N–H and O–H groups in total. The van der Waals surface area contributed by atoms with Gasteiger partial charge in [0.15, 0.2) is 0 Å². The largest absolute Gasteiger partial charge is 0.352 e. The van der Waals surface area contributed by atoms with Crippen molar-refractivity contribution in [3.05, 3.63) is 59.7 Å². The first-order valence-corrected chi connectivity index (χ1v) is 10.5. The Hall–Kier alpha value is -2.09. The van der Waals surface area contributed by atoms with E-state index in [4.69, 9.17) is 5.73 Å². The number of amides is 1. The average molecular weight is 424 g/mol. The summed E-state index contributed by atoms with van der Waals surface area (Å²) >= 11 is 0. The molecule has 28 heavy (non-hydrogen) atoms. The predicted molar refractivity (Wildman–Crippen MR) is 114 cm³/mol. The van der Waals surface area contributed by atoms with Crippen molar-refractivity contribution in [1.82, 2.24) is 5.32 Å². The molecular weight excluding hydrogens is 398 g/mol. The van der Waals surface area contributed by atoms with Crippen molar-refractivity contribution < 1.29 is 13.2 Å². The Bertz CT molecular complexity index is 949. The summed E-state index contributed by atoms with van der Waals surface area (Å²) in [7, 11) is -3.76. The SMILES string of the molecule is CC(CN)CNC(=O)c1cccc(S(=O)(=O)N2c3ccccc3CC2C)c1.Cl. The number of nitrogens with one attached hydrogen (secondary N) is 1. The number of para-hydroxylation sites is 1. The summed E-state index contributed by atoms with van der Waals surface area (Å²) < 4.78 is 28.0. The first kappa shape index (κ1) is 22.2. The Morgan fingerprint density at radius 3 is 2.68 bits per heavy atom. The highest BCUT2D eigenvalue weighted by Gasteiger charge is 2.36. The highest BCUT2D eigenvalue weighted by molar-refractivity contribution is 7.92. The number of hydrogen-bond donors (Lipinski definition) is 2. The molecule has 0 spiro atoms. The summed E-state index contributed by atoms with van der Waals surface area (Å²) in [5, 5.41) is 2.79. The van der Waals surface area contributed by atoms with Gasteiger partial charge >= 0.3 is 0 Å². The number of carbonyl (C=O) groups is 1. The van der Waals surface area contributed by atoms with Crippen LogP contribution in [0.3, 0.4) is 0 Å². The van der Waals surface area contributed by atoms with Crippen LogP contribution in [-0.4, -0.2) is 33.5 Å². The third kappa shape index (κ3) is 4.32. The van der Waals surface area contributed by atoms with Crippen molar-refractivity contribution in [3.63, 3.8) is 0 Å². The van der Waals surface area contributed by atoms with E-state index in [-0.39, 0.29) is 35.2 Å². The maximum absolute atomic E-state index is 13.3. The van der Waals surface area contributed by atoms with Gasteiger partial charge in [-0.3, -0.25) is 9.10 Å². The van der Waals surface area contributed by atoms with Gasteiger partial charge in [-0.2, -0.15) is 0 Å². The molecule has 2 atom stereocenters. The summed E-state index contributed by atoms with van der Waals surface area (Å²) in [4.78, 5) is 12.5. The lowest BCUT2D eigenvalue weighted by Gasteiger charge is -2.24. The first-order valence-electron chi connectivity index (χ1n) is 9.05. The van der Waals surface area contributed by atoms with Crippen LogP contribution in [0, 0.1) is 5.92 Å². The minimum atomic E-state index is -3.76. The summed E-state index contributed by atoms with van der Waals surface area (Å²) in [6.07, 6.45) is 0.673. The van der Waals surface area contributed by atoms with Crippen LogP contribution in [0.2, 0.25) is 0 Å². The zero-order valence-electron chi connectivity index (χ0n) is 16.0. The fourth-order valence-corrected chi connectivity index (χ4v) is 5.01. The van der Waals surface area contributed by atoms with E-state index >= 15 is 0 Å². The van der Waals surface area contributed by atoms with Gasteiger partial charge in [0, 0.05) is 18.2 Å². The van der Waals surface area contributed by atoms with Gasteiger partial charge in [-0.15, -0.1) is 12.4 Å². The highest BCUT2D eigenvalue weighted by atomic mass is 35.5. The molecule has 0 radical (unpaired) electrons. The number of rotatable bonds is 6. The molecule has 6 nitrogen and oxygen atoms in total. The first-order chi connectivity index (χ1) is 12.8. The minimum absolute atomic E-state index is 0. The molecule has 0 fully saturated rings. The molecule has 2 aromatic rings. The number of fused-ring (bicyclic) bond motifs is 1. The van der Waals surface area contributed by atoms with E-state index in [0.717, 1.165) is 5.56 Å². The Kier molecular flexibility index (Phi) is 7.09. The maximum Gasteiger partial charge on any atom is 0.264 e. The zero-order chi connectivity index (χ0) is 19.6. The molecule has 8 heteroatoms. The van der Waals surface area contributed by atoms with Crippen molar-refractivity contribution in [3.8, 4) is 0 Å². The summed E-state index contributed by atoms with van der Waals surface area (Å²) in [6.45, 7) is 4.75. The van der Waals surface area contributed by atoms with E-state index in [1.807, 2.05) is 38.1 Å². The molecule has 1 amide bonds. The number of halogens is 1. The lowest BCUT2D eigenvalue weighted by Crippen LogP contribution is -2.36. The molecule has 2 unspecified atom stereocenters. The lowest BCUT2D eigenvalue weighted by molar-refractivity contribution is 0.0948. The van der Waals surface area contributed by atoms with Crippen molar-refractivity contribution in [2.45, 2.75) is 31.2 Å². The Morgan fingerprint density at radius 1 is 1.25 bits per heavy atom. The van der Waals surface area contributed by atoms with Crippen LogP contribution >= 0.6 is 12.4 Å². The molecule has 2 aromatic carbocycles. The second kappa shape index (κ2) is 8.94. The van der Waals surface area contributed by atoms with Crippen molar-refractivity contribution in [1.29, 1.82) is 0 Å². The smallest absolute Gasteiger partial charge is 0.264 e. The average Bonchev–Trinajstić information content (AvgIpc) is 3.02. The summed E-state index contributed by atoms with van der Waals surface area (Å²) in [5.74, 6) is -0.148. The van der Waals surface area contributed by atoms with E-state index in [1.54, 1.807) is 12.1 Å². The Morgan fingerprint density at radius 2 is 1.96 bits per heavy atom. The quantitative estimate of drug-likeness (QED) is 0.746. The van der Waals surface area contributed by atoms with Gasteiger partial charge in [-0.1, -0.05) is 31.2 Å². The standard InChI is InChI=1S/C20H25N3O3S.ClH/c1-14(12-21)13-22-20(24)17-7-5-8-18(11-17)27(25,26)23-15(2)10-16-6-3-4-9-19(16)23;/h3-9,11,14-15H,10,12-13,21H2,1-2H3,(H,22,24);1H. The van der Waals surface area contributed by atoms with E-state index in [9.17, 15) is 13.2 Å². The van der Waals surface area contributed by atoms with Gasteiger partial charge in [0.1, 0.15) is 0 Å². The van der Waals surface area contributed by atoms with Crippen LogP contribution in [0.4, 0.5) is 5.69 Å². The van der Waals surface area contributed by atoms with Crippen LogP contribution in [0.5, 0.6) is 0 Å². The Labute approximate surface area is 172 Å². The van der Waals surface area contributed by atoms with Crippen molar-refractivity contribution in [2.24, 2.45) is 11.7 Å². The maximum atomic E-state index is 13.3. The number of carbonyl (C=O) groups excluding carboxylic acids is 1. The highest BCUT2D eigenvalue weighted by Crippen LogP contribution is 2.36. The van der Waals surface area contributed by atoms with Gasteiger partial charge in [0.25, 0.3) is 15.9 Å². The molecular formula is C20H26ClN3O3S. The van der Waals surface area contributed by atoms with Crippen LogP contribution in [0.1, 0.15) is 29.8 Å². The van der Waals surface area contributed by atoms with Crippen LogP contribution in [-0.2, 0) is 16.4 Å². The van der Waals surface area contributed by atoms with Crippen LogP contribution < -0.4 is 15.4 Å². The summed E-state index contributed by atoms with van der Waals surface area (Å²) in [6, 6.07) is 13.5. The van der Waals surface area contributed by atoms with E-state index in [1.165, 1.54) is 16.4 Å². The van der Waals surface area contributed by atoms with Gasteiger partial charge in [0.2, 0.25) is 0 Å². The third-order valence-electron chi connectivity index (χ3n) is 4.81. The third-order valence-corrected chi connectivity index (χ3v) is 6.74. The molecule has 0 aliphatic carbocycles. The second-order valence-electron chi connectivity index (χ2n) is 7.06. The Balaban J connectivity index is 0.00000280. The molecule has 1 aliphatic rings. The topological polar surface area (TPSA) is 92.5 Å². The monoisotopic (exact) mass is 423 g/mol. The molecule has 0 saturated heterocycles. The predicted octanol–water partition coefficient (Wildman–Crippen LogP) is 2.57. The lowest BCUT2D eigenvalue weighted by atomic mass is 10.1. The van der Waals surface area contributed by atoms with Gasteiger partial charge in [0.05, 0.1) is 10.6 Å². The summed E-state index contributed by atoms with van der Waals surface area (Å²) in [5.41, 5.74) is 7.60. The van der Waals surface area contributed by atoms with E-state index in [2.05, 4.69) is 5.32 Å². The second-order valence-corrected chi connectivity index (χ2v) is 8.88. The zero-order valence-corrected chi connectivity index (χ0v) is 17.6. The van der Waals surface area contributed by atoms with Gasteiger partial charge in [-0.25, -0.2) is 8.42 Å². The van der Waals surface area contributed by atoms with Crippen molar-refractivity contribution >= 4 is 34.0 Å². The number of sulfonamides is 1. The molecule has 3 rings (SSSR count). The normalized spacial score (nSPS) is 16.8. The minimum Gasteiger partial charge on any atom is -0.352 e.